The summed E-state index contributed by atoms with van der Waals surface area (Å²) < 4.78 is 0. The first-order chi connectivity index (χ1) is 7.22. The molecule has 0 spiro atoms. The Hall–Kier alpha value is -0.120. The molecule has 1 unspecified atom stereocenters. The van der Waals surface area contributed by atoms with Crippen molar-refractivity contribution in [2.45, 2.75) is 19.8 Å². The molecule has 0 aromatic heterocycles. The molecule has 1 heterocycles. The molecule has 0 saturated carbocycles. The third-order valence-corrected chi connectivity index (χ3v) is 3.21. The quantitative estimate of drug-likeness (QED) is 0.677. The molecule has 3 nitrogen and oxygen atoms in total. The van der Waals surface area contributed by atoms with Crippen molar-refractivity contribution in [3.63, 3.8) is 0 Å². The van der Waals surface area contributed by atoms with Gasteiger partial charge in [-0.2, -0.15) is 0 Å². The predicted molar refractivity (Wildman–Crippen MR) is 66.3 cm³/mol. The van der Waals surface area contributed by atoms with Gasteiger partial charge in [-0.1, -0.05) is 6.92 Å². The monoisotopic (exact) mass is 213 g/mol. The van der Waals surface area contributed by atoms with Crippen molar-refractivity contribution >= 4 is 0 Å². The van der Waals surface area contributed by atoms with Gasteiger partial charge in [0.05, 0.1) is 0 Å². The van der Waals surface area contributed by atoms with Gasteiger partial charge in [-0.25, -0.2) is 0 Å². The van der Waals surface area contributed by atoms with Gasteiger partial charge < -0.3 is 15.1 Å². The second-order valence-electron chi connectivity index (χ2n) is 4.91. The van der Waals surface area contributed by atoms with Crippen molar-refractivity contribution in [3.8, 4) is 0 Å². The van der Waals surface area contributed by atoms with Crippen molar-refractivity contribution in [3.05, 3.63) is 0 Å². The van der Waals surface area contributed by atoms with Gasteiger partial charge in [0.2, 0.25) is 0 Å². The summed E-state index contributed by atoms with van der Waals surface area (Å²) in [7, 11) is 4.30. The van der Waals surface area contributed by atoms with Crippen molar-refractivity contribution in [1.82, 2.24) is 15.1 Å². The standard InChI is InChI=1S/C12H27N3/c1-4-15(9-5-8-14(2)3)11-12-6-7-13-10-12/h12-13H,4-11H2,1-3H3. The van der Waals surface area contributed by atoms with Gasteiger partial charge in [0, 0.05) is 6.54 Å². The number of nitrogens with zero attached hydrogens (tertiary/aromatic N) is 2. The Kier molecular flexibility index (Phi) is 6.22. The Bertz CT molecular complexity index is 153. The molecule has 1 atom stereocenters. The van der Waals surface area contributed by atoms with E-state index in [2.05, 4.69) is 36.1 Å². The Morgan fingerprint density at radius 1 is 1.27 bits per heavy atom. The number of nitrogens with one attached hydrogen (secondary N) is 1. The van der Waals surface area contributed by atoms with Gasteiger partial charge in [0.1, 0.15) is 0 Å². The van der Waals surface area contributed by atoms with E-state index < -0.39 is 0 Å². The lowest BCUT2D eigenvalue weighted by Crippen LogP contribution is -2.32. The van der Waals surface area contributed by atoms with E-state index in [1.807, 2.05) is 0 Å². The lowest BCUT2D eigenvalue weighted by molar-refractivity contribution is 0.234. The van der Waals surface area contributed by atoms with Crippen molar-refractivity contribution in [2.24, 2.45) is 5.92 Å². The van der Waals surface area contributed by atoms with Gasteiger partial charge >= 0.3 is 0 Å². The molecule has 1 rings (SSSR count). The SMILES string of the molecule is CCN(CCCN(C)C)CC1CCNC1. The third-order valence-electron chi connectivity index (χ3n) is 3.21. The predicted octanol–water partition coefficient (Wildman–Crippen LogP) is 0.870. The molecule has 0 aliphatic carbocycles. The molecular formula is C12H27N3. The summed E-state index contributed by atoms with van der Waals surface area (Å²) in [5, 5.41) is 3.44. The van der Waals surface area contributed by atoms with Crippen LogP contribution in [0.25, 0.3) is 0 Å². The third kappa shape index (κ3) is 5.50. The first-order valence-corrected chi connectivity index (χ1v) is 6.30. The van der Waals surface area contributed by atoms with E-state index in [-0.39, 0.29) is 0 Å². The molecule has 0 amide bonds. The van der Waals surface area contributed by atoms with Crippen molar-refractivity contribution < 1.29 is 0 Å². The zero-order valence-corrected chi connectivity index (χ0v) is 10.6. The van der Waals surface area contributed by atoms with Crippen LogP contribution in [0.4, 0.5) is 0 Å². The number of hydrogen-bond acceptors (Lipinski definition) is 3. The maximum atomic E-state index is 3.44. The van der Waals surface area contributed by atoms with Crippen LogP contribution in [0.1, 0.15) is 19.8 Å². The minimum atomic E-state index is 0.893. The van der Waals surface area contributed by atoms with E-state index >= 15 is 0 Å². The molecule has 1 saturated heterocycles. The van der Waals surface area contributed by atoms with Crippen LogP contribution in [-0.2, 0) is 0 Å². The van der Waals surface area contributed by atoms with Crippen molar-refractivity contribution in [2.75, 3.05) is 53.4 Å². The molecule has 1 fully saturated rings. The summed E-state index contributed by atoms with van der Waals surface area (Å²) in [5.41, 5.74) is 0. The minimum absolute atomic E-state index is 0.893. The van der Waals surface area contributed by atoms with Crippen LogP contribution in [0.15, 0.2) is 0 Å². The second-order valence-corrected chi connectivity index (χ2v) is 4.91. The van der Waals surface area contributed by atoms with E-state index in [9.17, 15) is 0 Å². The van der Waals surface area contributed by atoms with Gasteiger partial charge in [0.15, 0.2) is 0 Å². The molecule has 1 aliphatic heterocycles. The molecule has 1 N–H and O–H groups in total. The first-order valence-electron chi connectivity index (χ1n) is 6.30. The summed E-state index contributed by atoms with van der Waals surface area (Å²) in [6.07, 6.45) is 2.66. The Morgan fingerprint density at radius 3 is 2.60 bits per heavy atom. The van der Waals surface area contributed by atoms with Crippen LogP contribution in [0, 0.1) is 5.92 Å². The normalized spacial score (nSPS) is 21.8. The van der Waals surface area contributed by atoms with E-state index in [0.717, 1.165) is 5.92 Å². The average Bonchev–Trinajstić information content (AvgIpc) is 2.68. The fourth-order valence-corrected chi connectivity index (χ4v) is 2.22. The fraction of sp³-hybridized carbons (Fsp3) is 1.00. The van der Waals surface area contributed by atoms with Crippen LogP contribution in [0.2, 0.25) is 0 Å². The van der Waals surface area contributed by atoms with Gasteiger partial charge in [-0.05, 0) is 65.6 Å². The zero-order chi connectivity index (χ0) is 11.1. The lowest BCUT2D eigenvalue weighted by Gasteiger charge is -2.24. The summed E-state index contributed by atoms with van der Waals surface area (Å²) in [4.78, 5) is 4.87. The molecule has 0 aromatic carbocycles. The van der Waals surface area contributed by atoms with Crippen LogP contribution >= 0.6 is 0 Å². The van der Waals surface area contributed by atoms with Gasteiger partial charge in [-0.15, -0.1) is 0 Å². The topological polar surface area (TPSA) is 18.5 Å². The molecule has 0 aromatic rings. The molecule has 0 bridgehead atoms. The first kappa shape index (κ1) is 12.9. The summed E-state index contributed by atoms with van der Waals surface area (Å²) in [6.45, 7) is 9.67. The van der Waals surface area contributed by atoms with Crippen LogP contribution in [0.5, 0.6) is 0 Å². The van der Waals surface area contributed by atoms with E-state index in [4.69, 9.17) is 0 Å². The number of hydrogen-bond donors (Lipinski definition) is 1. The molecule has 15 heavy (non-hydrogen) atoms. The Labute approximate surface area is 94.8 Å². The smallest absolute Gasteiger partial charge is 0.00222 e. The fourth-order valence-electron chi connectivity index (χ4n) is 2.22. The maximum Gasteiger partial charge on any atom is 0.00222 e. The summed E-state index contributed by atoms with van der Waals surface area (Å²) in [6, 6.07) is 0. The largest absolute Gasteiger partial charge is 0.316 e. The van der Waals surface area contributed by atoms with E-state index in [1.54, 1.807) is 0 Å². The Balaban J connectivity index is 2.11. The van der Waals surface area contributed by atoms with E-state index in [0.29, 0.717) is 0 Å². The van der Waals surface area contributed by atoms with E-state index in [1.165, 1.54) is 52.1 Å². The highest BCUT2D eigenvalue weighted by molar-refractivity contribution is 4.74. The number of rotatable bonds is 7. The van der Waals surface area contributed by atoms with Gasteiger partial charge in [0.25, 0.3) is 0 Å². The maximum absolute atomic E-state index is 3.44. The average molecular weight is 213 g/mol. The molecule has 3 heteroatoms. The Morgan fingerprint density at radius 2 is 2.07 bits per heavy atom. The molecule has 0 radical (unpaired) electrons. The van der Waals surface area contributed by atoms with Crippen molar-refractivity contribution in [1.29, 1.82) is 0 Å². The van der Waals surface area contributed by atoms with Crippen LogP contribution < -0.4 is 5.32 Å². The summed E-state index contributed by atoms with van der Waals surface area (Å²) >= 11 is 0. The lowest BCUT2D eigenvalue weighted by atomic mass is 10.1. The molecule has 90 valence electrons. The highest BCUT2D eigenvalue weighted by Gasteiger charge is 2.16. The zero-order valence-electron chi connectivity index (χ0n) is 10.6. The highest BCUT2D eigenvalue weighted by atomic mass is 15.1. The molecular weight excluding hydrogens is 186 g/mol. The van der Waals surface area contributed by atoms with Crippen LogP contribution in [-0.4, -0.2) is 63.2 Å². The minimum Gasteiger partial charge on any atom is -0.316 e. The highest BCUT2D eigenvalue weighted by Crippen LogP contribution is 2.09. The van der Waals surface area contributed by atoms with Gasteiger partial charge in [-0.3, -0.25) is 0 Å². The molecule has 1 aliphatic rings. The van der Waals surface area contributed by atoms with Crippen LogP contribution in [0.3, 0.4) is 0 Å². The summed E-state index contributed by atoms with van der Waals surface area (Å²) in [5.74, 6) is 0.893. The second kappa shape index (κ2) is 7.20.